The number of aromatic hydroxyl groups is 2. The van der Waals surface area contributed by atoms with Gasteiger partial charge in [-0.2, -0.15) is 0 Å². The molecule has 0 radical (unpaired) electrons. The number of ether oxygens (including phenoxy) is 2. The van der Waals surface area contributed by atoms with E-state index < -0.39 is 0 Å². The predicted molar refractivity (Wildman–Crippen MR) is 204 cm³/mol. The quantitative estimate of drug-likeness (QED) is 0.162. The van der Waals surface area contributed by atoms with E-state index in [2.05, 4.69) is 0 Å². The van der Waals surface area contributed by atoms with Gasteiger partial charge in [-0.3, -0.25) is 0 Å². The summed E-state index contributed by atoms with van der Waals surface area (Å²) in [5, 5.41) is 19.9. The number of aromatic nitrogens is 4. The number of nitrogens with zero attached hydrogens (tertiary/aromatic N) is 4. The smallest absolute Gasteiger partial charge is 0.654 e. The molecule has 8 nitrogen and oxygen atoms in total. The average Bonchev–Trinajstić information content (AvgIpc) is 4.02. The molecular formula is C44H28N4NiO4. The van der Waals surface area contributed by atoms with Gasteiger partial charge < -0.3 is 29.7 Å². The molecule has 0 saturated carbocycles. The van der Waals surface area contributed by atoms with E-state index in [1.54, 1.807) is 48.5 Å². The second-order valence-electron chi connectivity index (χ2n) is 12.2. The standard InChI is InChI=1S/C44H28N4O4.Ni/c49-29-11-15-31(16-12-29)51-43-37-23-19-33(45-37)41(27-7-3-1-4-8-27)34-20-24-38(46-34)44(52-32-17-13-30(50)14-18-32)40-26-22-36(48-40)42(28-9-5-2-6-10-28)35-21-25-39(43)47-35;/h1-26H,(H2-2,45,46,47,48,49,50);/q-2;+2. The van der Waals surface area contributed by atoms with Crippen molar-refractivity contribution in [2.45, 2.75) is 0 Å². The van der Waals surface area contributed by atoms with Crippen molar-refractivity contribution in [1.82, 2.24) is 19.9 Å². The van der Waals surface area contributed by atoms with Gasteiger partial charge in [-0.15, -0.1) is 11.0 Å². The summed E-state index contributed by atoms with van der Waals surface area (Å²) in [7, 11) is 0. The van der Waals surface area contributed by atoms with Crippen LogP contribution in [0.2, 0.25) is 0 Å². The van der Waals surface area contributed by atoms with Crippen LogP contribution in [0.1, 0.15) is 22.8 Å². The molecular weight excluding hydrogens is 707 g/mol. The van der Waals surface area contributed by atoms with Crippen LogP contribution in [0.15, 0.2) is 133 Å². The van der Waals surface area contributed by atoms with Crippen LogP contribution in [-0.2, 0) is 16.5 Å². The normalized spacial score (nSPS) is 11.6. The maximum Gasteiger partial charge on any atom is 2.00 e. The summed E-state index contributed by atoms with van der Waals surface area (Å²) in [4.78, 5) is 20.5. The Morgan fingerprint density at radius 1 is 0.396 bits per heavy atom. The summed E-state index contributed by atoms with van der Waals surface area (Å²) in [6.07, 6.45) is 7.75. The second-order valence-corrected chi connectivity index (χ2v) is 12.2. The third-order valence-corrected chi connectivity index (χ3v) is 8.75. The molecule has 5 heterocycles. The monoisotopic (exact) mass is 734 g/mol. The Bertz CT molecular complexity index is 2500. The maximum absolute atomic E-state index is 9.95. The van der Waals surface area contributed by atoms with Crippen molar-refractivity contribution in [3.63, 3.8) is 0 Å². The Morgan fingerprint density at radius 3 is 1.15 bits per heavy atom. The van der Waals surface area contributed by atoms with E-state index in [-0.39, 0.29) is 28.0 Å². The summed E-state index contributed by atoms with van der Waals surface area (Å²) in [5.41, 5.74) is 8.63. The SMILES string of the molecule is Oc1ccc(Oc2c3nc(c(-c4ccccc4)c4ccc([n-]4)c(Oc4ccc(O)cc4)c4nc(c(-c5ccccc5)c5ccc2[n-]5)C=C4)C=C3)cc1.[Ni+2]. The zero-order chi connectivity index (χ0) is 35.0. The molecule has 2 aliphatic heterocycles. The molecule has 258 valence electrons. The van der Waals surface area contributed by atoms with Gasteiger partial charge in [0.05, 0.1) is 11.4 Å². The summed E-state index contributed by atoms with van der Waals surface area (Å²) in [6, 6.07) is 40.9. The second kappa shape index (κ2) is 14.1. The minimum atomic E-state index is 0. The Morgan fingerprint density at radius 2 is 0.755 bits per heavy atom. The van der Waals surface area contributed by atoms with Crippen LogP contribution < -0.4 is 19.4 Å². The number of benzene rings is 4. The topological polar surface area (TPSA) is 113 Å². The third-order valence-electron chi connectivity index (χ3n) is 8.75. The van der Waals surface area contributed by atoms with Crippen LogP contribution in [0.4, 0.5) is 0 Å². The third kappa shape index (κ3) is 6.57. The molecule has 0 atom stereocenters. The maximum atomic E-state index is 9.95. The molecule has 0 saturated heterocycles. The molecule has 0 aliphatic carbocycles. The van der Waals surface area contributed by atoms with Crippen LogP contribution in [0.25, 0.3) is 68.6 Å². The van der Waals surface area contributed by atoms with E-state index in [0.29, 0.717) is 67.8 Å². The van der Waals surface area contributed by atoms with Crippen LogP contribution in [0, 0.1) is 0 Å². The molecule has 0 amide bonds. The molecule has 2 aliphatic rings. The number of hydrogen-bond acceptors (Lipinski definition) is 6. The summed E-state index contributed by atoms with van der Waals surface area (Å²) in [6.45, 7) is 0. The zero-order valence-corrected chi connectivity index (χ0v) is 28.8. The molecule has 0 spiro atoms. The van der Waals surface area contributed by atoms with Crippen LogP contribution in [-0.4, -0.2) is 20.2 Å². The van der Waals surface area contributed by atoms with Gasteiger partial charge in [-0.25, -0.2) is 9.97 Å². The van der Waals surface area contributed by atoms with Gasteiger partial charge in [-0.1, -0.05) is 96.0 Å². The number of hydrogen-bond donors (Lipinski definition) is 2. The van der Waals surface area contributed by atoms with E-state index in [1.807, 2.05) is 109 Å². The summed E-state index contributed by atoms with van der Waals surface area (Å²) in [5.74, 6) is 2.24. The van der Waals surface area contributed by atoms with Gasteiger partial charge in [0.25, 0.3) is 0 Å². The first-order valence-corrected chi connectivity index (χ1v) is 16.7. The minimum Gasteiger partial charge on any atom is -0.654 e. The fourth-order valence-corrected chi connectivity index (χ4v) is 6.31. The summed E-state index contributed by atoms with van der Waals surface area (Å²) >= 11 is 0. The number of rotatable bonds is 6. The van der Waals surface area contributed by atoms with E-state index in [0.717, 1.165) is 22.3 Å². The molecule has 8 bridgehead atoms. The van der Waals surface area contributed by atoms with E-state index >= 15 is 0 Å². The Labute approximate surface area is 314 Å². The van der Waals surface area contributed by atoms with Gasteiger partial charge in [-0.05, 0) is 95.1 Å². The van der Waals surface area contributed by atoms with Gasteiger partial charge in [0.15, 0.2) is 0 Å². The van der Waals surface area contributed by atoms with Crippen molar-refractivity contribution in [2.24, 2.45) is 0 Å². The number of phenols is 2. The Kier molecular flexibility index (Phi) is 8.84. The van der Waals surface area contributed by atoms with Crippen molar-refractivity contribution < 1.29 is 36.2 Å². The van der Waals surface area contributed by atoms with E-state index in [1.165, 1.54) is 0 Å². The van der Waals surface area contributed by atoms with Crippen molar-refractivity contribution in [1.29, 1.82) is 0 Å². The van der Waals surface area contributed by atoms with Crippen molar-refractivity contribution >= 4 is 46.4 Å². The molecule has 2 N–H and O–H groups in total. The molecule has 4 aromatic carbocycles. The van der Waals surface area contributed by atoms with E-state index in [9.17, 15) is 10.2 Å². The molecule has 3 aromatic heterocycles. The van der Waals surface area contributed by atoms with Crippen molar-refractivity contribution in [3.05, 3.63) is 156 Å². The zero-order valence-electron chi connectivity index (χ0n) is 27.8. The van der Waals surface area contributed by atoms with Gasteiger partial charge in [0.1, 0.15) is 45.9 Å². The van der Waals surface area contributed by atoms with Crippen LogP contribution in [0.5, 0.6) is 34.5 Å². The van der Waals surface area contributed by atoms with Gasteiger partial charge >= 0.3 is 16.5 Å². The Hall–Kier alpha value is -6.83. The van der Waals surface area contributed by atoms with Crippen LogP contribution in [0.3, 0.4) is 0 Å². The van der Waals surface area contributed by atoms with Gasteiger partial charge in [0.2, 0.25) is 0 Å². The average molecular weight is 735 g/mol. The molecule has 9 heteroatoms. The largest absolute Gasteiger partial charge is 2.00 e. The van der Waals surface area contributed by atoms with Crippen molar-refractivity contribution in [2.75, 3.05) is 0 Å². The first-order valence-electron chi connectivity index (χ1n) is 16.7. The van der Waals surface area contributed by atoms with E-state index in [4.69, 9.17) is 29.4 Å². The van der Waals surface area contributed by atoms with Crippen molar-refractivity contribution in [3.8, 4) is 56.8 Å². The number of fused-ring (bicyclic) bond motifs is 8. The fourth-order valence-electron chi connectivity index (χ4n) is 6.31. The fraction of sp³-hybridized carbons (Fsp3) is 0. The summed E-state index contributed by atoms with van der Waals surface area (Å²) < 4.78 is 13.0. The molecule has 9 rings (SSSR count). The molecule has 7 aromatic rings. The predicted octanol–water partition coefficient (Wildman–Crippen LogP) is 10.2. The van der Waals surface area contributed by atoms with Crippen LogP contribution >= 0.6 is 0 Å². The molecule has 0 fully saturated rings. The minimum absolute atomic E-state index is 0. The van der Waals surface area contributed by atoms with Gasteiger partial charge in [0, 0.05) is 0 Å². The molecule has 0 unspecified atom stereocenters. The first-order chi connectivity index (χ1) is 25.6. The number of phenolic OH excluding ortho intramolecular Hbond substituents is 2. The molecule has 53 heavy (non-hydrogen) atoms. The Balaban J connectivity index is 0.00000400. The first kappa shape index (κ1) is 33.3.